The molecule has 8 unspecified atom stereocenters. The van der Waals surface area contributed by atoms with Crippen LogP contribution in [0.4, 0.5) is 0 Å². The number of hydrogen-bond donors (Lipinski definition) is 6. The van der Waals surface area contributed by atoms with E-state index in [2.05, 4.69) is 111 Å². The fraction of sp³-hybridized carbons (Fsp3) is 0.706. The molecule has 1 rings (SSSR count). The molecule has 1 amide bonds. The lowest BCUT2D eigenvalue weighted by atomic mass is 9.99. The Morgan fingerprint density at radius 2 is 0.873 bits per heavy atom. The molecule has 0 saturated carbocycles. The first-order valence-corrected chi connectivity index (χ1v) is 31.7. The van der Waals surface area contributed by atoms with Gasteiger partial charge in [0.05, 0.1) is 25.4 Å². The van der Waals surface area contributed by atoms with Gasteiger partial charge in [-0.05, 0) is 109 Å². The minimum absolute atomic E-state index is 0.0398. The maximum absolute atomic E-state index is 13.4. The molecular weight excluding hydrogens is 991 g/mol. The number of allylic oxidation sites excluding steroid dienone is 17. The molecule has 6 N–H and O–H groups in total. The minimum Gasteiger partial charge on any atom is -0.454 e. The van der Waals surface area contributed by atoms with Crippen LogP contribution in [-0.2, 0) is 23.8 Å². The van der Waals surface area contributed by atoms with Gasteiger partial charge in [-0.2, -0.15) is 0 Å². The molecule has 0 aromatic carbocycles. The highest BCUT2D eigenvalue weighted by molar-refractivity contribution is 5.80. The van der Waals surface area contributed by atoms with Crippen LogP contribution in [0.2, 0.25) is 0 Å². The monoisotopic (exact) mass is 1110 g/mol. The Kier molecular flexibility index (Phi) is 50.9. The van der Waals surface area contributed by atoms with Crippen molar-refractivity contribution in [1.82, 2.24) is 5.32 Å². The van der Waals surface area contributed by atoms with Crippen molar-refractivity contribution in [2.45, 2.75) is 294 Å². The van der Waals surface area contributed by atoms with Crippen molar-refractivity contribution >= 4 is 11.9 Å². The largest absolute Gasteiger partial charge is 0.454 e. The maximum Gasteiger partial charge on any atom is 0.306 e. The normalized spacial score (nSPS) is 19.6. The topological polar surface area (TPSA) is 175 Å². The summed E-state index contributed by atoms with van der Waals surface area (Å²) in [5.41, 5.74) is 0. The van der Waals surface area contributed by atoms with Gasteiger partial charge in [-0.25, -0.2) is 0 Å². The predicted molar refractivity (Wildman–Crippen MR) is 328 cm³/mol. The molecule has 452 valence electrons. The fourth-order valence-electron chi connectivity index (χ4n) is 9.10. The number of aliphatic hydroxyl groups is 5. The number of ether oxygens (including phenoxy) is 3. The van der Waals surface area contributed by atoms with E-state index in [4.69, 9.17) is 14.2 Å². The Balaban J connectivity index is 2.75. The second kappa shape index (κ2) is 54.9. The number of unbranched alkanes of at least 4 members (excludes halogenated alkanes) is 22. The molecule has 1 saturated heterocycles. The summed E-state index contributed by atoms with van der Waals surface area (Å²) in [7, 11) is 0. The zero-order valence-corrected chi connectivity index (χ0v) is 50.0. The number of carbonyl (C=O) groups excluding carboxylic acids is 2. The number of hydrogen-bond acceptors (Lipinski definition) is 10. The molecular formula is C68H115NO10. The Bertz CT molecular complexity index is 1700. The van der Waals surface area contributed by atoms with Crippen LogP contribution >= 0.6 is 0 Å². The molecule has 1 aliphatic heterocycles. The van der Waals surface area contributed by atoms with Crippen LogP contribution in [0, 0.1) is 0 Å². The first kappa shape index (κ1) is 73.3. The summed E-state index contributed by atoms with van der Waals surface area (Å²) in [6.07, 6.45) is 64.1. The summed E-state index contributed by atoms with van der Waals surface area (Å²) in [6, 6.07) is -1.05. The van der Waals surface area contributed by atoms with Gasteiger partial charge in [0.2, 0.25) is 5.91 Å². The van der Waals surface area contributed by atoms with Gasteiger partial charge in [0, 0.05) is 6.42 Å². The molecule has 0 spiro atoms. The molecule has 1 heterocycles. The van der Waals surface area contributed by atoms with Crippen molar-refractivity contribution in [2.24, 2.45) is 0 Å². The molecule has 0 aromatic heterocycles. The highest BCUT2D eigenvalue weighted by atomic mass is 16.7. The highest BCUT2D eigenvalue weighted by Crippen LogP contribution is 2.26. The average Bonchev–Trinajstić information content (AvgIpc) is 3.49. The lowest BCUT2D eigenvalue weighted by Crippen LogP contribution is -2.61. The average molecular weight is 1110 g/mol. The molecule has 0 radical (unpaired) electrons. The zero-order valence-electron chi connectivity index (χ0n) is 50.0. The lowest BCUT2D eigenvalue weighted by Gasteiger charge is -2.41. The van der Waals surface area contributed by atoms with Crippen molar-refractivity contribution in [2.75, 3.05) is 13.2 Å². The van der Waals surface area contributed by atoms with Gasteiger partial charge >= 0.3 is 5.97 Å². The summed E-state index contributed by atoms with van der Waals surface area (Å²) in [4.78, 5) is 26.5. The molecule has 0 bridgehead atoms. The van der Waals surface area contributed by atoms with Crippen LogP contribution in [0.5, 0.6) is 0 Å². The van der Waals surface area contributed by atoms with E-state index in [1.54, 1.807) is 6.08 Å². The number of rotatable bonds is 52. The molecule has 79 heavy (non-hydrogen) atoms. The Morgan fingerprint density at radius 1 is 0.494 bits per heavy atom. The molecule has 0 aliphatic carbocycles. The van der Waals surface area contributed by atoms with E-state index >= 15 is 0 Å². The van der Waals surface area contributed by atoms with Crippen molar-refractivity contribution in [3.63, 3.8) is 0 Å². The second-order valence-electron chi connectivity index (χ2n) is 21.4. The summed E-state index contributed by atoms with van der Waals surface area (Å²) in [5, 5.41) is 57.0. The van der Waals surface area contributed by atoms with Crippen LogP contribution in [-0.4, -0.2) is 99.6 Å². The number of nitrogens with one attached hydrogen (secondary N) is 1. The van der Waals surface area contributed by atoms with Gasteiger partial charge in [0.25, 0.3) is 0 Å². The number of carbonyl (C=O) groups is 2. The molecule has 1 fully saturated rings. The molecule has 8 atom stereocenters. The number of esters is 1. The molecule has 11 nitrogen and oxygen atoms in total. The van der Waals surface area contributed by atoms with Gasteiger partial charge in [0.1, 0.15) is 24.4 Å². The molecule has 11 heteroatoms. The van der Waals surface area contributed by atoms with Crippen LogP contribution in [0.25, 0.3) is 0 Å². The summed E-state index contributed by atoms with van der Waals surface area (Å²) in [5.74, 6) is -1.28. The SMILES string of the molecule is CCCCC/C=C\C/C=C\C/C=C\C/C=C\CCCCCCC(O)C(=O)NC(COC1OC(CO)C(O)C(O)C1OC(=O)CCC/C=C\C/C=C\C/C=C\C/C=C\CCCCC)C(O)/C=C/CCCCCCCCCCCCC. The molecule has 0 aromatic rings. The summed E-state index contributed by atoms with van der Waals surface area (Å²) in [6.45, 7) is 5.69. The third kappa shape index (κ3) is 42.8. The first-order chi connectivity index (χ1) is 38.7. The lowest BCUT2D eigenvalue weighted by molar-refractivity contribution is -0.305. The van der Waals surface area contributed by atoms with Gasteiger partial charge in [-0.1, -0.05) is 239 Å². The summed E-state index contributed by atoms with van der Waals surface area (Å²) < 4.78 is 17.6. The maximum atomic E-state index is 13.4. The second-order valence-corrected chi connectivity index (χ2v) is 21.4. The van der Waals surface area contributed by atoms with E-state index in [1.807, 2.05) is 18.2 Å². The standard InChI is InChI=1S/C68H115NO10/c1-4-7-10-13-16-19-22-25-27-29-30-31-33-34-37-40-43-46-49-52-55-61(72)67(76)69-59(60(71)54-51-48-45-42-39-36-24-21-18-15-12-9-6-3)58-77-68-66(65(75)64(74)62(57-70)78-68)79-63(73)56-53-50-47-44-41-38-35-32-28-26-23-20-17-14-11-8-5-2/h16-17,19-20,25-28,30-31,34-35,37-38,44,47,51,54,59-62,64-66,68,70-72,74-75H,4-15,18,21-24,29,32-33,36,39-43,45-46,48-50,52-53,55-58H2,1-3H3,(H,69,76)/b19-16-,20-17-,27-25-,28-26-,31-30-,37-34-,38-35-,47-44-,54-51+. The van der Waals surface area contributed by atoms with Gasteiger partial charge in [-0.15, -0.1) is 0 Å². The van der Waals surface area contributed by atoms with E-state index in [-0.39, 0.29) is 19.4 Å². The van der Waals surface area contributed by atoms with Crippen molar-refractivity contribution < 1.29 is 49.3 Å². The van der Waals surface area contributed by atoms with E-state index in [0.717, 1.165) is 96.3 Å². The van der Waals surface area contributed by atoms with E-state index in [1.165, 1.54) is 96.3 Å². The Hall–Kier alpha value is -3.68. The van der Waals surface area contributed by atoms with E-state index < -0.39 is 67.4 Å². The van der Waals surface area contributed by atoms with Gasteiger partial charge < -0.3 is 45.1 Å². The van der Waals surface area contributed by atoms with Crippen molar-refractivity contribution in [1.29, 1.82) is 0 Å². The first-order valence-electron chi connectivity index (χ1n) is 31.7. The van der Waals surface area contributed by atoms with Crippen LogP contribution in [0.1, 0.15) is 245 Å². The van der Waals surface area contributed by atoms with E-state index in [9.17, 15) is 35.1 Å². The number of aliphatic hydroxyl groups excluding tert-OH is 5. The van der Waals surface area contributed by atoms with Gasteiger partial charge in [0.15, 0.2) is 12.4 Å². The van der Waals surface area contributed by atoms with Crippen LogP contribution in [0.15, 0.2) is 109 Å². The Morgan fingerprint density at radius 3 is 1.33 bits per heavy atom. The van der Waals surface area contributed by atoms with Crippen molar-refractivity contribution in [3.05, 3.63) is 109 Å². The highest BCUT2D eigenvalue weighted by Gasteiger charge is 2.47. The van der Waals surface area contributed by atoms with Crippen LogP contribution in [0.3, 0.4) is 0 Å². The molecule has 1 aliphatic rings. The van der Waals surface area contributed by atoms with Gasteiger partial charge in [-0.3, -0.25) is 9.59 Å². The smallest absolute Gasteiger partial charge is 0.306 e. The third-order valence-electron chi connectivity index (χ3n) is 14.1. The third-order valence-corrected chi connectivity index (χ3v) is 14.1. The minimum atomic E-state index is -1.65. The van der Waals surface area contributed by atoms with Crippen molar-refractivity contribution in [3.8, 4) is 0 Å². The quantitative estimate of drug-likeness (QED) is 0.0195. The van der Waals surface area contributed by atoms with E-state index in [0.29, 0.717) is 19.3 Å². The predicted octanol–water partition coefficient (Wildman–Crippen LogP) is 15.3. The Labute approximate surface area is 481 Å². The zero-order chi connectivity index (χ0) is 57.5. The summed E-state index contributed by atoms with van der Waals surface area (Å²) >= 11 is 0. The number of amides is 1. The fourth-order valence-corrected chi connectivity index (χ4v) is 9.10. The van der Waals surface area contributed by atoms with Crippen LogP contribution < -0.4 is 5.32 Å².